The van der Waals surface area contributed by atoms with Crippen LogP contribution in [0.3, 0.4) is 0 Å². The predicted octanol–water partition coefficient (Wildman–Crippen LogP) is 1.53. The molecule has 0 aromatic heterocycles. The summed E-state index contributed by atoms with van der Waals surface area (Å²) in [7, 11) is 1.29. The van der Waals surface area contributed by atoms with Crippen LogP contribution in [0.1, 0.15) is 5.56 Å². The van der Waals surface area contributed by atoms with Crippen LogP contribution in [0.15, 0.2) is 53.6 Å². The molecular weight excluding hydrogens is 352 g/mol. The average Bonchev–Trinajstić information content (AvgIpc) is 2.71. The number of hydrazone groups is 1. The summed E-state index contributed by atoms with van der Waals surface area (Å²) in [6, 6.07) is 14.0. The number of hydrogen-bond acceptors (Lipinski definition) is 7. The standard InChI is InChI=1S/C19H18N2O6/c1-24-18(22)12-25-14-6-4-5-13(9-14)10-20-21-19(23)17-11-26-15-7-2-3-8-16(15)27-17/h2-10,17H,11-12H2,1H3,(H,21,23)/b20-10-/t17-/m0/s1. The first-order chi connectivity index (χ1) is 13.2. The lowest BCUT2D eigenvalue weighted by Gasteiger charge is -2.24. The van der Waals surface area contributed by atoms with Crippen LogP contribution in [0.5, 0.6) is 17.2 Å². The number of para-hydroxylation sites is 2. The van der Waals surface area contributed by atoms with Crippen molar-refractivity contribution in [2.75, 3.05) is 20.3 Å². The van der Waals surface area contributed by atoms with Gasteiger partial charge >= 0.3 is 5.97 Å². The van der Waals surface area contributed by atoms with Gasteiger partial charge in [0.2, 0.25) is 6.10 Å². The second-order valence-electron chi connectivity index (χ2n) is 5.54. The van der Waals surface area contributed by atoms with E-state index in [9.17, 15) is 9.59 Å². The molecule has 1 N–H and O–H groups in total. The molecule has 140 valence electrons. The molecule has 27 heavy (non-hydrogen) atoms. The highest BCUT2D eigenvalue weighted by Crippen LogP contribution is 2.30. The minimum Gasteiger partial charge on any atom is -0.485 e. The summed E-state index contributed by atoms with van der Waals surface area (Å²) in [5.74, 6) is 0.713. The third-order valence-electron chi connectivity index (χ3n) is 3.63. The van der Waals surface area contributed by atoms with Crippen LogP contribution in [-0.4, -0.2) is 44.5 Å². The second kappa shape index (κ2) is 8.70. The van der Waals surface area contributed by atoms with Crippen molar-refractivity contribution in [3.8, 4) is 17.2 Å². The second-order valence-corrected chi connectivity index (χ2v) is 5.54. The van der Waals surface area contributed by atoms with Gasteiger partial charge in [0.15, 0.2) is 18.1 Å². The molecule has 1 amide bonds. The van der Waals surface area contributed by atoms with Crippen LogP contribution in [0.2, 0.25) is 0 Å². The molecule has 1 aliphatic heterocycles. The highest BCUT2D eigenvalue weighted by atomic mass is 16.6. The Kier molecular flexibility index (Phi) is 5.88. The predicted molar refractivity (Wildman–Crippen MR) is 96.0 cm³/mol. The third kappa shape index (κ3) is 4.97. The Hall–Kier alpha value is -3.55. The summed E-state index contributed by atoms with van der Waals surface area (Å²) in [6.07, 6.45) is 0.673. The first-order valence-corrected chi connectivity index (χ1v) is 8.17. The number of fused-ring (bicyclic) bond motifs is 1. The first kappa shape index (κ1) is 18.2. The van der Waals surface area contributed by atoms with Crippen LogP contribution in [0.25, 0.3) is 0 Å². The Morgan fingerprint density at radius 2 is 2.04 bits per heavy atom. The average molecular weight is 370 g/mol. The molecule has 0 bridgehead atoms. The quantitative estimate of drug-likeness (QED) is 0.471. The zero-order valence-corrected chi connectivity index (χ0v) is 14.6. The van der Waals surface area contributed by atoms with Gasteiger partial charge < -0.3 is 18.9 Å². The molecule has 1 heterocycles. The SMILES string of the molecule is COC(=O)COc1cccc(/C=N\NC(=O)[C@@H]2COc3ccccc3O2)c1. The number of carbonyl (C=O) groups is 2. The number of rotatable bonds is 6. The summed E-state index contributed by atoms with van der Waals surface area (Å²) >= 11 is 0. The highest BCUT2D eigenvalue weighted by Gasteiger charge is 2.26. The molecule has 0 unspecified atom stereocenters. The lowest BCUT2D eigenvalue weighted by molar-refractivity contribution is -0.142. The lowest BCUT2D eigenvalue weighted by atomic mass is 10.2. The Morgan fingerprint density at radius 3 is 2.85 bits per heavy atom. The van der Waals surface area contributed by atoms with Crippen molar-refractivity contribution in [1.29, 1.82) is 0 Å². The van der Waals surface area contributed by atoms with Gasteiger partial charge in [0.25, 0.3) is 5.91 Å². The van der Waals surface area contributed by atoms with E-state index in [2.05, 4.69) is 15.3 Å². The molecule has 0 radical (unpaired) electrons. The van der Waals surface area contributed by atoms with Crippen LogP contribution in [-0.2, 0) is 14.3 Å². The Labute approximate surface area is 155 Å². The number of carbonyl (C=O) groups excluding carboxylic acids is 2. The van der Waals surface area contributed by atoms with Crippen molar-refractivity contribution in [3.05, 3.63) is 54.1 Å². The van der Waals surface area contributed by atoms with E-state index < -0.39 is 18.0 Å². The number of hydrogen-bond donors (Lipinski definition) is 1. The fourth-order valence-corrected chi connectivity index (χ4v) is 2.28. The smallest absolute Gasteiger partial charge is 0.343 e. The van der Waals surface area contributed by atoms with Crippen LogP contribution in [0, 0.1) is 0 Å². The van der Waals surface area contributed by atoms with Gasteiger partial charge in [0.1, 0.15) is 12.4 Å². The molecule has 0 fully saturated rings. The van der Waals surface area contributed by atoms with Gasteiger partial charge in [-0.15, -0.1) is 0 Å². The van der Waals surface area contributed by atoms with E-state index in [0.29, 0.717) is 22.8 Å². The normalized spacial score (nSPS) is 15.2. The van der Waals surface area contributed by atoms with Crippen LogP contribution < -0.4 is 19.6 Å². The molecule has 8 nitrogen and oxygen atoms in total. The van der Waals surface area contributed by atoms with E-state index in [-0.39, 0.29) is 13.2 Å². The maximum absolute atomic E-state index is 12.2. The maximum atomic E-state index is 12.2. The molecule has 8 heteroatoms. The van der Waals surface area contributed by atoms with E-state index in [4.69, 9.17) is 14.2 Å². The lowest BCUT2D eigenvalue weighted by Crippen LogP contribution is -2.42. The van der Waals surface area contributed by atoms with Crippen molar-refractivity contribution in [3.63, 3.8) is 0 Å². The molecular formula is C19H18N2O6. The van der Waals surface area contributed by atoms with Gasteiger partial charge in [-0.25, -0.2) is 10.2 Å². The zero-order valence-electron chi connectivity index (χ0n) is 14.6. The summed E-state index contributed by atoms with van der Waals surface area (Å²) in [4.78, 5) is 23.3. The van der Waals surface area contributed by atoms with Crippen molar-refractivity contribution >= 4 is 18.1 Å². The van der Waals surface area contributed by atoms with Gasteiger partial charge in [-0.3, -0.25) is 4.79 Å². The molecule has 1 aliphatic rings. The Balaban J connectivity index is 1.53. The molecule has 1 atom stereocenters. The number of nitrogens with one attached hydrogen (secondary N) is 1. The summed E-state index contributed by atoms with van der Waals surface area (Å²) in [6.45, 7) is -0.0798. The van der Waals surface area contributed by atoms with Crippen molar-refractivity contribution in [2.24, 2.45) is 5.10 Å². The zero-order chi connectivity index (χ0) is 19.1. The van der Waals surface area contributed by atoms with E-state index >= 15 is 0 Å². The summed E-state index contributed by atoms with van der Waals surface area (Å²) in [5.41, 5.74) is 3.11. The summed E-state index contributed by atoms with van der Waals surface area (Å²) < 4.78 is 20.9. The van der Waals surface area contributed by atoms with Crippen molar-refractivity contribution in [1.82, 2.24) is 5.43 Å². The molecule has 2 aromatic rings. The molecule has 0 spiro atoms. The number of nitrogens with zero attached hydrogens (tertiary/aromatic N) is 1. The minimum atomic E-state index is -0.785. The van der Waals surface area contributed by atoms with E-state index in [1.165, 1.54) is 13.3 Å². The Bertz CT molecular complexity index is 852. The highest BCUT2D eigenvalue weighted by molar-refractivity contribution is 5.85. The van der Waals surface area contributed by atoms with Crippen LogP contribution >= 0.6 is 0 Å². The molecule has 0 aliphatic carbocycles. The molecule has 0 saturated heterocycles. The van der Waals surface area contributed by atoms with Gasteiger partial charge in [-0.2, -0.15) is 5.10 Å². The largest absolute Gasteiger partial charge is 0.485 e. The first-order valence-electron chi connectivity index (χ1n) is 8.17. The maximum Gasteiger partial charge on any atom is 0.343 e. The fourth-order valence-electron chi connectivity index (χ4n) is 2.28. The minimum absolute atomic E-state index is 0.106. The van der Waals surface area contributed by atoms with E-state index in [1.54, 1.807) is 42.5 Å². The monoisotopic (exact) mass is 370 g/mol. The van der Waals surface area contributed by atoms with Crippen molar-refractivity contribution in [2.45, 2.75) is 6.10 Å². The van der Waals surface area contributed by atoms with Crippen molar-refractivity contribution < 1.29 is 28.5 Å². The Morgan fingerprint density at radius 1 is 1.22 bits per heavy atom. The molecule has 3 rings (SSSR count). The third-order valence-corrected chi connectivity index (χ3v) is 3.63. The van der Waals surface area contributed by atoms with Gasteiger partial charge in [-0.05, 0) is 29.8 Å². The fraction of sp³-hybridized carbons (Fsp3) is 0.211. The number of ether oxygens (including phenoxy) is 4. The molecule has 0 saturated carbocycles. The number of amides is 1. The topological polar surface area (TPSA) is 95.5 Å². The summed E-state index contributed by atoms with van der Waals surface area (Å²) in [5, 5.41) is 3.92. The van der Waals surface area contributed by atoms with E-state index in [1.807, 2.05) is 6.07 Å². The number of benzene rings is 2. The van der Waals surface area contributed by atoms with Gasteiger partial charge in [0.05, 0.1) is 13.3 Å². The number of methoxy groups -OCH3 is 1. The number of esters is 1. The molecule has 2 aromatic carbocycles. The van der Waals surface area contributed by atoms with Gasteiger partial charge in [0, 0.05) is 0 Å². The van der Waals surface area contributed by atoms with Gasteiger partial charge in [-0.1, -0.05) is 24.3 Å². The van der Waals surface area contributed by atoms with E-state index in [0.717, 1.165) is 0 Å². The van der Waals surface area contributed by atoms with Crippen LogP contribution in [0.4, 0.5) is 0 Å².